The molecule has 1 saturated heterocycles. The first kappa shape index (κ1) is 30.1. The van der Waals surface area contributed by atoms with Gasteiger partial charge in [0.15, 0.2) is 0 Å². The summed E-state index contributed by atoms with van der Waals surface area (Å²) in [5.41, 5.74) is 6.78. The van der Waals surface area contributed by atoms with Gasteiger partial charge in [-0.2, -0.15) is 0 Å². The summed E-state index contributed by atoms with van der Waals surface area (Å²) in [5.74, 6) is 0.00199. The third-order valence-corrected chi connectivity index (χ3v) is 7.98. The Balaban J connectivity index is 1.48. The molecule has 222 valence electrons. The number of morpholine rings is 1. The van der Waals surface area contributed by atoms with Crippen LogP contribution in [0.3, 0.4) is 0 Å². The second kappa shape index (κ2) is 14.2. The zero-order valence-electron chi connectivity index (χ0n) is 25.3. The molecule has 1 fully saturated rings. The highest BCUT2D eigenvalue weighted by Gasteiger charge is 2.32. The van der Waals surface area contributed by atoms with E-state index in [2.05, 4.69) is 36.2 Å². The molecule has 1 N–H and O–H groups in total. The van der Waals surface area contributed by atoms with E-state index in [1.807, 2.05) is 97.9 Å². The fourth-order valence-electron chi connectivity index (χ4n) is 5.41. The van der Waals surface area contributed by atoms with Crippen molar-refractivity contribution in [2.45, 2.75) is 45.7 Å². The average molecular weight is 576 g/mol. The van der Waals surface area contributed by atoms with Crippen molar-refractivity contribution in [3.63, 3.8) is 0 Å². The highest BCUT2D eigenvalue weighted by Crippen LogP contribution is 2.29. The van der Waals surface area contributed by atoms with Crippen molar-refractivity contribution in [2.75, 3.05) is 36.5 Å². The lowest BCUT2D eigenvalue weighted by molar-refractivity contribution is -0.139. The Kier molecular flexibility index (Phi) is 9.90. The molecule has 4 aromatic carbocycles. The molecule has 0 spiro atoms. The topological polar surface area (TPSA) is 61.9 Å². The Hall–Kier alpha value is -4.42. The molecule has 0 bridgehead atoms. The number of hydrogen-bond acceptors (Lipinski definition) is 4. The van der Waals surface area contributed by atoms with Crippen LogP contribution in [0.1, 0.15) is 53.6 Å². The minimum atomic E-state index is -0.822. The molecule has 4 aromatic rings. The maximum absolute atomic E-state index is 14.2. The number of carbonyl (C=O) groups is 2. The maximum atomic E-state index is 14.2. The number of anilines is 2. The maximum Gasteiger partial charge on any atom is 0.251 e. The molecular formula is C37H41N3O3. The summed E-state index contributed by atoms with van der Waals surface area (Å²) in [6.07, 6.45) is 0.203. The van der Waals surface area contributed by atoms with Crippen LogP contribution in [-0.4, -0.2) is 43.0 Å². The fourth-order valence-corrected chi connectivity index (χ4v) is 5.41. The molecule has 0 aromatic heterocycles. The zero-order valence-corrected chi connectivity index (χ0v) is 25.3. The van der Waals surface area contributed by atoms with Crippen LogP contribution in [0.25, 0.3) is 0 Å². The van der Waals surface area contributed by atoms with Crippen molar-refractivity contribution in [3.05, 3.63) is 131 Å². The number of nitrogens with zero attached hydrogens (tertiary/aromatic N) is 2. The van der Waals surface area contributed by atoms with Gasteiger partial charge in [0.1, 0.15) is 6.04 Å². The molecule has 5 rings (SSSR count). The van der Waals surface area contributed by atoms with Crippen LogP contribution in [-0.2, 0) is 27.3 Å². The summed E-state index contributed by atoms with van der Waals surface area (Å²) in [5, 5.41) is 3.13. The Morgan fingerprint density at radius 3 is 2.05 bits per heavy atom. The molecule has 0 aliphatic carbocycles. The molecule has 1 aliphatic rings. The number of carbonyl (C=O) groups excluding carboxylic acids is 2. The van der Waals surface area contributed by atoms with Gasteiger partial charge >= 0.3 is 0 Å². The highest BCUT2D eigenvalue weighted by molar-refractivity contribution is 5.98. The number of benzene rings is 4. The van der Waals surface area contributed by atoms with E-state index in [1.54, 1.807) is 4.90 Å². The van der Waals surface area contributed by atoms with Gasteiger partial charge in [-0.05, 0) is 59.4 Å². The van der Waals surface area contributed by atoms with E-state index in [-0.39, 0.29) is 18.2 Å². The van der Waals surface area contributed by atoms with Crippen molar-refractivity contribution >= 4 is 23.2 Å². The molecule has 1 atom stereocenters. The van der Waals surface area contributed by atoms with E-state index in [4.69, 9.17) is 4.74 Å². The number of ether oxygens (including phenoxy) is 1. The molecule has 1 heterocycles. The first-order valence-electron chi connectivity index (χ1n) is 15.1. The quantitative estimate of drug-likeness (QED) is 0.223. The molecule has 6 heteroatoms. The van der Waals surface area contributed by atoms with Crippen LogP contribution in [0.2, 0.25) is 0 Å². The Labute approximate surface area is 255 Å². The van der Waals surface area contributed by atoms with Crippen LogP contribution < -0.4 is 10.2 Å². The minimum absolute atomic E-state index is 0.109. The van der Waals surface area contributed by atoms with Gasteiger partial charge in [-0.15, -0.1) is 0 Å². The molecule has 1 aliphatic heterocycles. The van der Waals surface area contributed by atoms with Gasteiger partial charge in [0.2, 0.25) is 5.91 Å². The van der Waals surface area contributed by atoms with Gasteiger partial charge in [0.25, 0.3) is 5.91 Å². The molecule has 1 unspecified atom stereocenters. The smallest absolute Gasteiger partial charge is 0.251 e. The van der Waals surface area contributed by atoms with Crippen molar-refractivity contribution in [2.24, 2.45) is 0 Å². The number of hydrogen-bond donors (Lipinski definition) is 1. The predicted octanol–water partition coefficient (Wildman–Crippen LogP) is 6.91. The third kappa shape index (κ3) is 7.90. The number of rotatable bonds is 10. The largest absolute Gasteiger partial charge is 0.378 e. The number of amides is 2. The van der Waals surface area contributed by atoms with E-state index in [1.165, 1.54) is 5.56 Å². The summed E-state index contributed by atoms with van der Waals surface area (Å²) < 4.78 is 5.48. The molecule has 0 radical (unpaired) electrons. The molecule has 2 amide bonds. The summed E-state index contributed by atoms with van der Waals surface area (Å²) in [6, 6.07) is 33.0. The van der Waals surface area contributed by atoms with E-state index >= 15 is 0 Å². The van der Waals surface area contributed by atoms with Crippen LogP contribution in [0.15, 0.2) is 103 Å². The van der Waals surface area contributed by atoms with E-state index in [9.17, 15) is 9.59 Å². The van der Waals surface area contributed by atoms with Gasteiger partial charge in [-0.3, -0.25) is 9.59 Å². The third-order valence-electron chi connectivity index (χ3n) is 7.98. The lowest BCUT2D eigenvalue weighted by Gasteiger charge is -2.32. The van der Waals surface area contributed by atoms with Crippen molar-refractivity contribution in [3.8, 4) is 0 Å². The zero-order chi connectivity index (χ0) is 30.2. The second-order valence-corrected chi connectivity index (χ2v) is 11.5. The summed E-state index contributed by atoms with van der Waals surface area (Å²) >= 11 is 0. The molecular weight excluding hydrogens is 534 g/mol. The minimum Gasteiger partial charge on any atom is -0.378 e. The van der Waals surface area contributed by atoms with Gasteiger partial charge in [-0.1, -0.05) is 98.3 Å². The lowest BCUT2D eigenvalue weighted by Crippen LogP contribution is -2.41. The lowest BCUT2D eigenvalue weighted by atomic mass is 9.97. The van der Waals surface area contributed by atoms with E-state index in [0.29, 0.717) is 31.4 Å². The Morgan fingerprint density at radius 2 is 1.42 bits per heavy atom. The average Bonchev–Trinajstić information content (AvgIpc) is 3.03. The van der Waals surface area contributed by atoms with Gasteiger partial charge in [0, 0.05) is 31.0 Å². The standard InChI is InChI=1S/C37H41N3O3/c1-27(2)31-13-15-32(16-14-31)36(37(42)38-33-17-19-34(20-18-33)39-21-23-43-24-22-39)40(26-30-11-9-28(3)10-12-30)35(41)25-29-7-5-4-6-8-29/h4-20,27,36H,21-26H2,1-3H3,(H,38,42). The van der Waals surface area contributed by atoms with E-state index < -0.39 is 6.04 Å². The summed E-state index contributed by atoms with van der Waals surface area (Å²) in [6.45, 7) is 9.76. The van der Waals surface area contributed by atoms with Crippen LogP contribution >= 0.6 is 0 Å². The fraction of sp³-hybridized carbons (Fsp3) is 0.297. The second-order valence-electron chi connectivity index (χ2n) is 11.5. The SMILES string of the molecule is Cc1ccc(CN(C(=O)Cc2ccccc2)C(C(=O)Nc2ccc(N3CCOCC3)cc2)c2ccc(C(C)C)cc2)cc1. The van der Waals surface area contributed by atoms with Gasteiger partial charge < -0.3 is 19.9 Å². The Bertz CT molecular complexity index is 1480. The monoisotopic (exact) mass is 575 g/mol. The van der Waals surface area contributed by atoms with Crippen molar-refractivity contribution in [1.82, 2.24) is 4.90 Å². The predicted molar refractivity (Wildman–Crippen MR) is 173 cm³/mol. The van der Waals surface area contributed by atoms with Crippen LogP contribution in [0.5, 0.6) is 0 Å². The van der Waals surface area contributed by atoms with Crippen LogP contribution in [0, 0.1) is 6.92 Å². The Morgan fingerprint density at radius 1 is 0.791 bits per heavy atom. The highest BCUT2D eigenvalue weighted by atomic mass is 16.5. The summed E-state index contributed by atoms with van der Waals surface area (Å²) in [4.78, 5) is 32.3. The molecule has 6 nitrogen and oxygen atoms in total. The molecule has 0 saturated carbocycles. The van der Waals surface area contributed by atoms with Crippen LogP contribution in [0.4, 0.5) is 11.4 Å². The van der Waals surface area contributed by atoms with Gasteiger partial charge in [-0.25, -0.2) is 0 Å². The first-order valence-corrected chi connectivity index (χ1v) is 15.1. The summed E-state index contributed by atoms with van der Waals surface area (Å²) in [7, 11) is 0. The van der Waals surface area contributed by atoms with Gasteiger partial charge in [0.05, 0.1) is 19.6 Å². The number of aryl methyl sites for hydroxylation is 1. The first-order chi connectivity index (χ1) is 20.9. The van der Waals surface area contributed by atoms with Crippen molar-refractivity contribution < 1.29 is 14.3 Å². The normalized spacial score (nSPS) is 13.9. The van der Waals surface area contributed by atoms with Crippen molar-refractivity contribution in [1.29, 1.82) is 0 Å². The van der Waals surface area contributed by atoms with E-state index in [0.717, 1.165) is 41.0 Å². The molecule has 43 heavy (non-hydrogen) atoms. The number of nitrogens with one attached hydrogen (secondary N) is 1.